The fourth-order valence-electron chi connectivity index (χ4n) is 2.18. The van der Waals surface area contributed by atoms with E-state index < -0.39 is 17.1 Å². The molecule has 1 fully saturated rings. The first-order valence-electron chi connectivity index (χ1n) is 5.61. The number of aromatic nitrogens is 2. The van der Waals surface area contributed by atoms with Crippen molar-refractivity contribution in [1.82, 2.24) is 9.55 Å². The molecule has 4 nitrogen and oxygen atoms in total. The number of halogens is 1. The molecule has 0 amide bonds. The summed E-state index contributed by atoms with van der Waals surface area (Å²) in [4.78, 5) is 26.5. The Bertz CT molecular complexity index is 698. The highest BCUT2D eigenvalue weighted by Gasteiger charge is 2.23. The highest BCUT2D eigenvalue weighted by molar-refractivity contribution is 5.77. The maximum atomic E-state index is 13.1. The number of H-pyrrole nitrogens is 1. The smallest absolute Gasteiger partial charge is 0.307 e. The van der Waals surface area contributed by atoms with Gasteiger partial charge in [0.25, 0.3) is 5.56 Å². The van der Waals surface area contributed by atoms with Gasteiger partial charge in [-0.2, -0.15) is 0 Å². The fraction of sp³-hybridized carbons (Fsp3) is 0.333. The van der Waals surface area contributed by atoms with E-state index in [0.29, 0.717) is 5.52 Å². The van der Waals surface area contributed by atoms with Crippen molar-refractivity contribution in [2.45, 2.75) is 25.3 Å². The Morgan fingerprint density at radius 1 is 1.29 bits per heavy atom. The van der Waals surface area contributed by atoms with Crippen molar-refractivity contribution >= 4 is 10.9 Å². The fourth-order valence-corrected chi connectivity index (χ4v) is 2.18. The van der Waals surface area contributed by atoms with Gasteiger partial charge in [-0.3, -0.25) is 9.36 Å². The van der Waals surface area contributed by atoms with Crippen molar-refractivity contribution in [3.05, 3.63) is 44.9 Å². The van der Waals surface area contributed by atoms with E-state index in [1.165, 1.54) is 22.8 Å². The van der Waals surface area contributed by atoms with Crippen LogP contribution in [0.25, 0.3) is 10.9 Å². The van der Waals surface area contributed by atoms with Crippen LogP contribution in [0.1, 0.15) is 25.3 Å². The van der Waals surface area contributed by atoms with Crippen LogP contribution in [0.3, 0.4) is 0 Å². The second-order valence-corrected chi connectivity index (χ2v) is 4.38. The number of benzene rings is 1. The molecule has 88 valence electrons. The van der Waals surface area contributed by atoms with Crippen molar-refractivity contribution in [3.8, 4) is 0 Å². The molecule has 1 heterocycles. The number of nitrogens with zero attached hydrogens (tertiary/aromatic N) is 1. The number of fused-ring (bicyclic) bond motifs is 1. The predicted molar refractivity (Wildman–Crippen MR) is 61.7 cm³/mol. The minimum atomic E-state index is -0.471. The minimum absolute atomic E-state index is 0.0288. The topological polar surface area (TPSA) is 54.9 Å². The molecule has 0 unspecified atom stereocenters. The molecule has 0 saturated heterocycles. The van der Waals surface area contributed by atoms with Crippen LogP contribution in [-0.2, 0) is 0 Å². The summed E-state index contributed by atoms with van der Waals surface area (Å²) in [7, 11) is 0. The van der Waals surface area contributed by atoms with Crippen molar-refractivity contribution < 1.29 is 4.39 Å². The number of hydrogen-bond donors (Lipinski definition) is 1. The third-order valence-electron chi connectivity index (χ3n) is 3.33. The lowest BCUT2D eigenvalue weighted by Gasteiger charge is -2.26. The number of aromatic amines is 1. The number of hydrogen-bond acceptors (Lipinski definition) is 2. The Morgan fingerprint density at radius 3 is 2.71 bits per heavy atom. The van der Waals surface area contributed by atoms with E-state index >= 15 is 0 Å². The van der Waals surface area contributed by atoms with Gasteiger partial charge in [-0.1, -0.05) is 0 Å². The quantitative estimate of drug-likeness (QED) is 0.814. The summed E-state index contributed by atoms with van der Waals surface area (Å²) < 4.78 is 14.3. The van der Waals surface area contributed by atoms with E-state index in [9.17, 15) is 14.0 Å². The van der Waals surface area contributed by atoms with Crippen LogP contribution < -0.4 is 11.2 Å². The van der Waals surface area contributed by atoms with Crippen LogP contribution in [0.5, 0.6) is 0 Å². The Hall–Kier alpha value is -1.91. The van der Waals surface area contributed by atoms with Gasteiger partial charge in [-0.25, -0.2) is 9.18 Å². The maximum absolute atomic E-state index is 13.1. The molecule has 5 heteroatoms. The Balaban J connectivity index is 2.36. The van der Waals surface area contributed by atoms with Gasteiger partial charge in [0.1, 0.15) is 5.82 Å². The highest BCUT2D eigenvalue weighted by atomic mass is 19.1. The normalized spacial score (nSPS) is 16.1. The molecule has 0 spiro atoms. The lowest BCUT2D eigenvalue weighted by Crippen LogP contribution is -2.40. The largest absolute Gasteiger partial charge is 0.329 e. The van der Waals surface area contributed by atoms with E-state index in [-0.39, 0.29) is 11.4 Å². The van der Waals surface area contributed by atoms with E-state index in [0.717, 1.165) is 19.3 Å². The van der Waals surface area contributed by atoms with E-state index in [1.807, 2.05) is 0 Å². The SMILES string of the molecule is O=c1[nH]c2ccc(F)cc2c(=O)n1C1CCC1. The van der Waals surface area contributed by atoms with Crippen LogP contribution in [0, 0.1) is 5.82 Å². The molecule has 2 aromatic rings. The van der Waals surface area contributed by atoms with Crippen LogP contribution in [0.4, 0.5) is 4.39 Å². The summed E-state index contributed by atoms with van der Waals surface area (Å²) in [6.07, 6.45) is 2.70. The second-order valence-electron chi connectivity index (χ2n) is 4.38. The van der Waals surface area contributed by atoms with Crippen LogP contribution in [-0.4, -0.2) is 9.55 Å². The lowest BCUT2D eigenvalue weighted by atomic mass is 9.93. The molecule has 1 aromatic heterocycles. The monoisotopic (exact) mass is 234 g/mol. The van der Waals surface area contributed by atoms with Gasteiger partial charge in [-0.15, -0.1) is 0 Å². The van der Waals surface area contributed by atoms with Gasteiger partial charge in [0, 0.05) is 6.04 Å². The molecule has 1 saturated carbocycles. The lowest BCUT2D eigenvalue weighted by molar-refractivity contribution is 0.298. The highest BCUT2D eigenvalue weighted by Crippen LogP contribution is 2.29. The van der Waals surface area contributed by atoms with E-state index in [1.54, 1.807) is 0 Å². The summed E-state index contributed by atoms with van der Waals surface area (Å²) >= 11 is 0. The van der Waals surface area contributed by atoms with Crippen molar-refractivity contribution in [2.75, 3.05) is 0 Å². The number of rotatable bonds is 1. The molecule has 3 rings (SSSR count). The average Bonchev–Trinajstić information content (AvgIpc) is 2.23. The predicted octanol–water partition coefficient (Wildman–Crippen LogP) is 1.55. The van der Waals surface area contributed by atoms with Crippen LogP contribution in [0.2, 0.25) is 0 Å². The summed E-state index contributed by atoms with van der Waals surface area (Å²) in [5, 5.41) is 0.233. The zero-order chi connectivity index (χ0) is 12.0. The van der Waals surface area contributed by atoms with E-state index in [4.69, 9.17) is 0 Å². The zero-order valence-corrected chi connectivity index (χ0v) is 9.07. The van der Waals surface area contributed by atoms with Gasteiger partial charge in [0.15, 0.2) is 0 Å². The molecule has 1 aliphatic carbocycles. The Kier molecular flexibility index (Phi) is 2.14. The second kappa shape index (κ2) is 3.55. The molecule has 17 heavy (non-hydrogen) atoms. The molecule has 1 aliphatic rings. The maximum Gasteiger partial charge on any atom is 0.329 e. The third-order valence-corrected chi connectivity index (χ3v) is 3.33. The average molecular weight is 234 g/mol. The van der Waals surface area contributed by atoms with Crippen LogP contribution in [0.15, 0.2) is 27.8 Å². The van der Waals surface area contributed by atoms with Crippen molar-refractivity contribution in [2.24, 2.45) is 0 Å². The van der Waals surface area contributed by atoms with E-state index in [2.05, 4.69) is 4.98 Å². The first kappa shape index (κ1) is 10.3. The van der Waals surface area contributed by atoms with Gasteiger partial charge in [0.05, 0.1) is 10.9 Å². The first-order valence-corrected chi connectivity index (χ1v) is 5.61. The summed E-state index contributed by atoms with van der Waals surface area (Å²) in [6, 6.07) is 3.78. The standard InChI is InChI=1S/C12H11FN2O2/c13-7-4-5-10-9(6-7)11(16)15(12(17)14-10)8-2-1-3-8/h4-6,8H,1-3H2,(H,14,17). The minimum Gasteiger partial charge on any atom is -0.307 e. The van der Waals surface area contributed by atoms with Gasteiger partial charge in [-0.05, 0) is 37.5 Å². The zero-order valence-electron chi connectivity index (χ0n) is 9.07. The molecule has 0 radical (unpaired) electrons. The summed E-state index contributed by atoms with van der Waals surface area (Å²) in [6.45, 7) is 0. The molecular formula is C12H11FN2O2. The van der Waals surface area contributed by atoms with Crippen molar-refractivity contribution in [1.29, 1.82) is 0 Å². The van der Waals surface area contributed by atoms with Gasteiger partial charge >= 0.3 is 5.69 Å². The third kappa shape index (κ3) is 1.50. The molecule has 0 aliphatic heterocycles. The molecule has 1 aromatic carbocycles. The molecular weight excluding hydrogens is 223 g/mol. The summed E-state index contributed by atoms with van der Waals surface area (Å²) in [5.41, 5.74) is -0.413. The Labute approximate surface area is 95.7 Å². The van der Waals surface area contributed by atoms with Crippen molar-refractivity contribution in [3.63, 3.8) is 0 Å². The molecule has 0 bridgehead atoms. The summed E-state index contributed by atoms with van der Waals surface area (Å²) in [5.74, 6) is -0.471. The molecule has 0 atom stereocenters. The first-order chi connectivity index (χ1) is 8.16. The van der Waals surface area contributed by atoms with Gasteiger partial charge < -0.3 is 4.98 Å². The molecule has 1 N–H and O–H groups in total. The number of nitrogens with one attached hydrogen (secondary N) is 1. The van der Waals surface area contributed by atoms with Crippen LogP contribution >= 0.6 is 0 Å². The Morgan fingerprint density at radius 2 is 2.06 bits per heavy atom. The van der Waals surface area contributed by atoms with Gasteiger partial charge in [0.2, 0.25) is 0 Å².